The summed E-state index contributed by atoms with van der Waals surface area (Å²) in [6, 6.07) is 3.93. The van der Waals surface area contributed by atoms with E-state index in [2.05, 4.69) is 20.2 Å². The predicted octanol–water partition coefficient (Wildman–Crippen LogP) is 3.63. The number of pyridine rings is 1. The van der Waals surface area contributed by atoms with Crippen molar-refractivity contribution in [1.82, 2.24) is 9.97 Å². The van der Waals surface area contributed by atoms with Crippen molar-refractivity contribution >= 4 is 28.3 Å². The maximum absolute atomic E-state index is 13.6. The van der Waals surface area contributed by atoms with Gasteiger partial charge in [0.15, 0.2) is 11.6 Å². The highest BCUT2D eigenvalue weighted by molar-refractivity contribution is 6.09. The van der Waals surface area contributed by atoms with E-state index in [9.17, 15) is 13.6 Å². The first-order chi connectivity index (χ1) is 13.9. The van der Waals surface area contributed by atoms with Crippen molar-refractivity contribution in [2.75, 3.05) is 36.5 Å². The number of H-pyrrole nitrogens is 1. The molecule has 0 saturated carbocycles. The Bertz CT molecular complexity index is 1110. The Morgan fingerprint density at radius 1 is 1.28 bits per heavy atom. The minimum absolute atomic E-state index is 0.258. The first kappa shape index (κ1) is 18.1. The highest BCUT2D eigenvalue weighted by Gasteiger charge is 2.46. The topological polar surface area (TPSA) is 70.2 Å². The minimum atomic E-state index is -0.963. The molecule has 2 N–H and O–H groups in total. The highest BCUT2D eigenvalue weighted by atomic mass is 19.2. The molecule has 0 unspecified atom stereocenters. The van der Waals surface area contributed by atoms with Crippen LogP contribution in [0.3, 0.4) is 0 Å². The summed E-state index contributed by atoms with van der Waals surface area (Å²) >= 11 is 0. The van der Waals surface area contributed by atoms with Gasteiger partial charge in [0, 0.05) is 49.0 Å². The van der Waals surface area contributed by atoms with Gasteiger partial charge in [-0.25, -0.2) is 13.8 Å². The molecule has 5 rings (SSSR count). The summed E-state index contributed by atoms with van der Waals surface area (Å²) in [5, 5.41) is 3.15. The number of carbonyl (C=O) groups excluding carboxylic acids is 1. The number of anilines is 2. The van der Waals surface area contributed by atoms with E-state index in [1.165, 1.54) is 6.20 Å². The Morgan fingerprint density at radius 3 is 2.79 bits per heavy atom. The number of aryl methyl sites for hydroxylation is 1. The summed E-state index contributed by atoms with van der Waals surface area (Å²) in [7, 11) is 0. The highest BCUT2D eigenvalue weighted by Crippen LogP contribution is 2.41. The van der Waals surface area contributed by atoms with E-state index in [4.69, 9.17) is 4.74 Å². The van der Waals surface area contributed by atoms with Gasteiger partial charge in [-0.05, 0) is 31.0 Å². The van der Waals surface area contributed by atoms with E-state index in [1.54, 1.807) is 12.3 Å². The van der Waals surface area contributed by atoms with Crippen molar-refractivity contribution in [1.29, 1.82) is 0 Å². The molecule has 1 aromatic carbocycles. The van der Waals surface area contributed by atoms with Crippen molar-refractivity contribution in [3.05, 3.63) is 53.4 Å². The molecule has 4 heterocycles. The fraction of sp³-hybridized carbons (Fsp3) is 0.333. The molecule has 0 atom stereocenters. The van der Waals surface area contributed by atoms with Gasteiger partial charge in [-0.1, -0.05) is 0 Å². The molecule has 2 aromatic heterocycles. The van der Waals surface area contributed by atoms with Crippen LogP contribution in [0.15, 0.2) is 30.6 Å². The van der Waals surface area contributed by atoms with E-state index in [1.807, 2.05) is 6.92 Å². The molecule has 6 nitrogen and oxygen atoms in total. The van der Waals surface area contributed by atoms with Crippen molar-refractivity contribution in [2.45, 2.75) is 13.3 Å². The second kappa shape index (κ2) is 6.52. The summed E-state index contributed by atoms with van der Waals surface area (Å²) in [5.41, 5.74) is 2.37. The monoisotopic (exact) mass is 398 g/mol. The lowest BCUT2D eigenvalue weighted by atomic mass is 9.79. The first-order valence-corrected chi connectivity index (χ1v) is 9.51. The van der Waals surface area contributed by atoms with Gasteiger partial charge in [-0.15, -0.1) is 0 Å². The number of rotatable bonds is 3. The third-order valence-corrected chi connectivity index (χ3v) is 5.82. The van der Waals surface area contributed by atoms with Crippen LogP contribution in [0.5, 0.6) is 0 Å². The number of aromatic nitrogens is 2. The third-order valence-electron chi connectivity index (χ3n) is 5.82. The Balaban J connectivity index is 1.33. The largest absolute Gasteiger partial charge is 0.381 e. The number of ether oxygens (including phenoxy) is 1. The van der Waals surface area contributed by atoms with Crippen molar-refractivity contribution < 1.29 is 18.3 Å². The van der Waals surface area contributed by atoms with Gasteiger partial charge < -0.3 is 19.9 Å². The third kappa shape index (κ3) is 3.04. The molecule has 150 valence electrons. The van der Waals surface area contributed by atoms with Gasteiger partial charge in [0.25, 0.3) is 5.91 Å². The van der Waals surface area contributed by atoms with Gasteiger partial charge in [0.1, 0.15) is 5.82 Å². The van der Waals surface area contributed by atoms with Crippen LogP contribution in [0.25, 0.3) is 10.9 Å². The van der Waals surface area contributed by atoms with E-state index >= 15 is 0 Å². The van der Waals surface area contributed by atoms with Crippen LogP contribution in [0.2, 0.25) is 0 Å². The maximum atomic E-state index is 13.6. The number of nitrogens with one attached hydrogen (secondary N) is 2. The lowest BCUT2D eigenvalue weighted by Crippen LogP contribution is -2.57. The number of nitrogens with zero attached hydrogens (tertiary/aromatic N) is 2. The number of benzene rings is 1. The fourth-order valence-electron chi connectivity index (χ4n) is 4.25. The van der Waals surface area contributed by atoms with Gasteiger partial charge in [0.05, 0.1) is 23.4 Å². The Kier molecular flexibility index (Phi) is 4.06. The molecule has 2 fully saturated rings. The fourth-order valence-corrected chi connectivity index (χ4v) is 4.25. The van der Waals surface area contributed by atoms with E-state index in [0.717, 1.165) is 56.2 Å². The molecular weight excluding hydrogens is 378 g/mol. The molecule has 29 heavy (non-hydrogen) atoms. The van der Waals surface area contributed by atoms with Crippen LogP contribution < -0.4 is 10.2 Å². The number of aromatic amines is 1. The number of hydrogen-bond donors (Lipinski definition) is 2. The van der Waals surface area contributed by atoms with Gasteiger partial charge >= 0.3 is 0 Å². The number of fused-ring (bicyclic) bond motifs is 1. The second-order valence-corrected chi connectivity index (χ2v) is 7.99. The average molecular weight is 398 g/mol. The van der Waals surface area contributed by atoms with Crippen molar-refractivity contribution in [3.8, 4) is 0 Å². The first-order valence-electron chi connectivity index (χ1n) is 9.51. The van der Waals surface area contributed by atoms with Gasteiger partial charge in [-0.2, -0.15) is 0 Å². The zero-order chi connectivity index (χ0) is 20.2. The van der Waals surface area contributed by atoms with E-state index < -0.39 is 11.6 Å². The quantitative estimate of drug-likeness (QED) is 0.707. The summed E-state index contributed by atoms with van der Waals surface area (Å²) in [6.07, 6.45) is 4.14. The lowest BCUT2D eigenvalue weighted by molar-refractivity contribution is 0.102. The van der Waals surface area contributed by atoms with Crippen LogP contribution in [0.4, 0.5) is 20.3 Å². The lowest BCUT2D eigenvalue weighted by Gasteiger charge is -2.48. The van der Waals surface area contributed by atoms with E-state index in [0.29, 0.717) is 22.2 Å². The van der Waals surface area contributed by atoms with Crippen LogP contribution in [0.1, 0.15) is 22.3 Å². The molecule has 0 radical (unpaired) electrons. The number of carbonyl (C=O) groups is 1. The predicted molar refractivity (Wildman–Crippen MR) is 105 cm³/mol. The van der Waals surface area contributed by atoms with Crippen LogP contribution in [-0.4, -0.2) is 42.2 Å². The Morgan fingerprint density at radius 2 is 2.07 bits per heavy atom. The van der Waals surface area contributed by atoms with E-state index in [-0.39, 0.29) is 11.3 Å². The smallest absolute Gasteiger partial charge is 0.257 e. The van der Waals surface area contributed by atoms with Gasteiger partial charge in [-0.3, -0.25) is 4.79 Å². The summed E-state index contributed by atoms with van der Waals surface area (Å²) in [5.74, 6) is -1.38. The molecular formula is C21H20F2N4O2. The molecule has 0 bridgehead atoms. The number of hydrogen-bond acceptors (Lipinski definition) is 4. The minimum Gasteiger partial charge on any atom is -0.381 e. The van der Waals surface area contributed by atoms with Crippen molar-refractivity contribution in [2.24, 2.45) is 5.41 Å². The summed E-state index contributed by atoms with van der Waals surface area (Å²) < 4.78 is 32.4. The Hall–Kier alpha value is -3.00. The maximum Gasteiger partial charge on any atom is 0.257 e. The zero-order valence-electron chi connectivity index (χ0n) is 15.9. The number of halogens is 2. The Labute approximate surface area is 165 Å². The second-order valence-electron chi connectivity index (χ2n) is 7.99. The molecule has 2 saturated heterocycles. The van der Waals surface area contributed by atoms with Crippen molar-refractivity contribution in [3.63, 3.8) is 0 Å². The molecule has 1 amide bonds. The van der Waals surface area contributed by atoms with Crippen LogP contribution in [0, 0.1) is 24.0 Å². The molecule has 8 heteroatoms. The average Bonchev–Trinajstić information content (AvgIpc) is 3.29. The zero-order valence-corrected chi connectivity index (χ0v) is 15.9. The standard InChI is InChI=1S/C21H20F2N4O2/c1-12-4-13(7-25-19(12)27-9-21(10-27)2-3-29-11-21)20(28)26-18-8-24-17-6-16(23)15(22)5-14(17)18/h4-8,24H,2-3,9-11H2,1H3,(H,26,28). The molecule has 3 aromatic rings. The summed E-state index contributed by atoms with van der Waals surface area (Å²) in [6.45, 7) is 5.40. The molecule has 2 aliphatic rings. The normalized spacial score (nSPS) is 17.7. The molecule has 2 aliphatic heterocycles. The SMILES string of the molecule is Cc1cc(C(=O)Nc2c[nH]c3cc(F)c(F)cc23)cnc1N1CC2(CCOC2)C1. The molecule has 0 aliphatic carbocycles. The van der Waals surface area contributed by atoms with Crippen LogP contribution in [-0.2, 0) is 4.74 Å². The van der Waals surface area contributed by atoms with Crippen LogP contribution >= 0.6 is 0 Å². The summed E-state index contributed by atoms with van der Waals surface area (Å²) in [4.78, 5) is 22.2. The van der Waals surface area contributed by atoms with Gasteiger partial charge in [0.2, 0.25) is 0 Å². The number of amides is 1. The molecule has 1 spiro atoms.